The Morgan fingerprint density at radius 1 is 1.45 bits per heavy atom. The van der Waals surface area contributed by atoms with Crippen molar-refractivity contribution in [2.75, 3.05) is 25.1 Å². The van der Waals surface area contributed by atoms with E-state index in [1.54, 1.807) is 6.07 Å². The van der Waals surface area contributed by atoms with Crippen LogP contribution in [0.25, 0.3) is 11.1 Å². The van der Waals surface area contributed by atoms with Crippen LogP contribution in [-0.4, -0.2) is 35.8 Å². The number of carboxylic acid groups (broad SMARTS) is 1. The highest BCUT2D eigenvalue weighted by Gasteiger charge is 2.30. The van der Waals surface area contributed by atoms with Crippen molar-refractivity contribution in [3.63, 3.8) is 0 Å². The zero-order valence-corrected chi connectivity index (χ0v) is 11.9. The molecule has 1 saturated heterocycles. The van der Waals surface area contributed by atoms with Crippen molar-refractivity contribution in [2.45, 2.75) is 12.8 Å². The molecule has 1 unspecified atom stereocenters. The van der Waals surface area contributed by atoms with Crippen molar-refractivity contribution < 1.29 is 23.4 Å². The molecule has 7 heteroatoms. The molecule has 0 radical (unpaired) electrons. The molecule has 1 aromatic heterocycles. The molecule has 0 saturated carbocycles. The first-order valence-corrected chi connectivity index (χ1v) is 7.24. The SMILES string of the molecule is O=C(O)C(CNc1nc2c(F)cccc2o1)C1CCOCC1. The fourth-order valence-electron chi connectivity index (χ4n) is 2.76. The van der Waals surface area contributed by atoms with Gasteiger partial charge in [0.05, 0.1) is 5.92 Å². The Kier molecular flexibility index (Phi) is 4.24. The third-order valence-corrected chi connectivity index (χ3v) is 4.00. The quantitative estimate of drug-likeness (QED) is 0.883. The summed E-state index contributed by atoms with van der Waals surface area (Å²) in [5, 5.41) is 12.3. The first-order chi connectivity index (χ1) is 10.6. The van der Waals surface area contributed by atoms with Crippen molar-refractivity contribution in [1.82, 2.24) is 4.98 Å². The Morgan fingerprint density at radius 2 is 2.23 bits per heavy atom. The van der Waals surface area contributed by atoms with Crippen molar-refractivity contribution in [3.05, 3.63) is 24.0 Å². The van der Waals surface area contributed by atoms with Crippen LogP contribution < -0.4 is 5.32 Å². The number of hydrogen-bond donors (Lipinski definition) is 2. The standard InChI is InChI=1S/C15H17FN2O4/c16-11-2-1-3-12-13(11)18-15(22-12)17-8-10(14(19)20)9-4-6-21-7-5-9/h1-3,9-10H,4-8H2,(H,17,18)(H,19,20). The molecule has 6 nitrogen and oxygen atoms in total. The summed E-state index contributed by atoms with van der Waals surface area (Å²) >= 11 is 0. The normalized spacial score (nSPS) is 17.5. The monoisotopic (exact) mass is 308 g/mol. The molecule has 1 aromatic carbocycles. The minimum absolute atomic E-state index is 0.0554. The van der Waals surface area contributed by atoms with Crippen LogP contribution in [0.5, 0.6) is 0 Å². The second-order valence-electron chi connectivity index (χ2n) is 5.38. The second-order valence-corrected chi connectivity index (χ2v) is 5.38. The van der Waals surface area contributed by atoms with Crippen molar-refractivity contribution in [3.8, 4) is 0 Å². The Balaban J connectivity index is 1.70. The lowest BCUT2D eigenvalue weighted by atomic mass is 9.86. The van der Waals surface area contributed by atoms with Crippen LogP contribution in [0, 0.1) is 17.7 Å². The lowest BCUT2D eigenvalue weighted by Crippen LogP contribution is -2.34. The molecule has 3 rings (SSSR count). The van der Waals surface area contributed by atoms with Gasteiger partial charge in [-0.15, -0.1) is 0 Å². The Labute approximate surface area is 126 Å². The molecule has 22 heavy (non-hydrogen) atoms. The second kappa shape index (κ2) is 6.31. The van der Waals surface area contributed by atoms with Gasteiger partial charge in [-0.1, -0.05) is 6.07 Å². The zero-order chi connectivity index (χ0) is 15.5. The number of para-hydroxylation sites is 1. The third-order valence-electron chi connectivity index (χ3n) is 4.00. The average Bonchev–Trinajstić information content (AvgIpc) is 2.93. The predicted molar refractivity (Wildman–Crippen MR) is 77.1 cm³/mol. The average molecular weight is 308 g/mol. The van der Waals surface area contributed by atoms with Gasteiger partial charge in [0.25, 0.3) is 6.01 Å². The Bertz CT molecular complexity index is 667. The molecule has 1 atom stereocenters. The molecule has 2 aromatic rings. The van der Waals surface area contributed by atoms with Crippen LogP contribution >= 0.6 is 0 Å². The number of aliphatic carboxylic acids is 1. The molecular formula is C15H17FN2O4. The first-order valence-electron chi connectivity index (χ1n) is 7.24. The van der Waals surface area contributed by atoms with E-state index < -0.39 is 17.7 Å². The van der Waals surface area contributed by atoms with Gasteiger partial charge in [-0.3, -0.25) is 4.79 Å². The van der Waals surface area contributed by atoms with Crippen molar-refractivity contribution >= 4 is 23.1 Å². The maximum atomic E-state index is 13.6. The number of hydrogen-bond acceptors (Lipinski definition) is 5. The molecule has 0 amide bonds. The fraction of sp³-hybridized carbons (Fsp3) is 0.467. The van der Waals surface area contributed by atoms with Gasteiger partial charge in [-0.2, -0.15) is 4.98 Å². The fourth-order valence-corrected chi connectivity index (χ4v) is 2.76. The summed E-state index contributed by atoms with van der Waals surface area (Å²) in [6, 6.07) is 4.59. The molecule has 118 valence electrons. The number of fused-ring (bicyclic) bond motifs is 1. The molecule has 1 fully saturated rings. The Morgan fingerprint density at radius 3 is 2.91 bits per heavy atom. The van der Waals surface area contributed by atoms with E-state index >= 15 is 0 Å². The summed E-state index contributed by atoms with van der Waals surface area (Å²) in [7, 11) is 0. The maximum Gasteiger partial charge on any atom is 0.308 e. The number of oxazole rings is 1. The number of halogens is 1. The van der Waals surface area contributed by atoms with Crippen LogP contribution in [0.3, 0.4) is 0 Å². The van der Waals surface area contributed by atoms with Gasteiger partial charge in [0.1, 0.15) is 5.52 Å². The number of carbonyl (C=O) groups is 1. The largest absolute Gasteiger partial charge is 0.481 e. The van der Waals surface area contributed by atoms with E-state index in [9.17, 15) is 14.3 Å². The minimum Gasteiger partial charge on any atom is -0.481 e. The van der Waals surface area contributed by atoms with Crippen molar-refractivity contribution in [1.29, 1.82) is 0 Å². The maximum absolute atomic E-state index is 13.6. The number of carboxylic acids is 1. The number of aromatic nitrogens is 1. The summed E-state index contributed by atoms with van der Waals surface area (Å²) in [6.45, 7) is 1.36. The summed E-state index contributed by atoms with van der Waals surface area (Å²) in [5.74, 6) is -1.82. The smallest absolute Gasteiger partial charge is 0.308 e. The number of benzene rings is 1. The number of anilines is 1. The number of ether oxygens (including phenoxy) is 1. The third kappa shape index (κ3) is 3.04. The summed E-state index contributed by atoms with van der Waals surface area (Å²) in [5.41, 5.74) is 0.475. The van der Waals surface area contributed by atoms with Crippen LogP contribution in [0.1, 0.15) is 12.8 Å². The van der Waals surface area contributed by atoms with Gasteiger partial charge in [0, 0.05) is 19.8 Å². The molecule has 0 spiro atoms. The van der Waals surface area contributed by atoms with E-state index in [1.165, 1.54) is 12.1 Å². The molecule has 0 aliphatic carbocycles. The van der Waals surface area contributed by atoms with E-state index in [-0.39, 0.29) is 24.0 Å². The highest BCUT2D eigenvalue weighted by molar-refractivity contribution is 5.75. The predicted octanol–water partition coefficient (Wildman–Crippen LogP) is 2.51. The van der Waals surface area contributed by atoms with E-state index in [0.29, 0.717) is 18.8 Å². The molecule has 2 heterocycles. The topological polar surface area (TPSA) is 84.6 Å². The highest BCUT2D eigenvalue weighted by Crippen LogP contribution is 2.26. The van der Waals surface area contributed by atoms with Gasteiger partial charge in [-0.25, -0.2) is 4.39 Å². The highest BCUT2D eigenvalue weighted by atomic mass is 19.1. The van der Waals surface area contributed by atoms with Gasteiger partial charge in [-0.05, 0) is 30.9 Å². The van der Waals surface area contributed by atoms with E-state index in [4.69, 9.17) is 9.15 Å². The summed E-state index contributed by atoms with van der Waals surface area (Å²) in [4.78, 5) is 15.5. The van der Waals surface area contributed by atoms with E-state index in [1.807, 2.05) is 0 Å². The van der Waals surface area contributed by atoms with Gasteiger partial charge in [0.15, 0.2) is 11.4 Å². The lowest BCUT2D eigenvalue weighted by Gasteiger charge is -2.27. The lowest BCUT2D eigenvalue weighted by molar-refractivity contribution is -0.144. The van der Waals surface area contributed by atoms with E-state index in [2.05, 4.69) is 10.3 Å². The number of rotatable bonds is 5. The van der Waals surface area contributed by atoms with Gasteiger partial charge < -0.3 is 19.6 Å². The van der Waals surface area contributed by atoms with Gasteiger partial charge >= 0.3 is 5.97 Å². The number of nitrogens with zero attached hydrogens (tertiary/aromatic N) is 1. The molecule has 2 N–H and O–H groups in total. The number of nitrogens with one attached hydrogen (secondary N) is 1. The molecule has 1 aliphatic rings. The van der Waals surface area contributed by atoms with Crippen LogP contribution in [-0.2, 0) is 9.53 Å². The summed E-state index contributed by atoms with van der Waals surface area (Å²) in [6.07, 6.45) is 1.45. The van der Waals surface area contributed by atoms with Crippen LogP contribution in [0.15, 0.2) is 22.6 Å². The van der Waals surface area contributed by atoms with Crippen molar-refractivity contribution in [2.24, 2.45) is 11.8 Å². The summed E-state index contributed by atoms with van der Waals surface area (Å²) < 4.78 is 24.2. The van der Waals surface area contributed by atoms with E-state index in [0.717, 1.165) is 12.8 Å². The molecule has 0 bridgehead atoms. The zero-order valence-electron chi connectivity index (χ0n) is 11.9. The minimum atomic E-state index is -0.860. The van der Waals surface area contributed by atoms with Crippen LogP contribution in [0.4, 0.5) is 10.4 Å². The molecule has 1 aliphatic heterocycles. The van der Waals surface area contributed by atoms with Gasteiger partial charge in [0.2, 0.25) is 0 Å². The van der Waals surface area contributed by atoms with Crippen LogP contribution in [0.2, 0.25) is 0 Å². The first kappa shape index (κ1) is 14.8. The Hall–Kier alpha value is -2.15. The molecular weight excluding hydrogens is 291 g/mol.